The van der Waals surface area contributed by atoms with E-state index in [1.807, 2.05) is 27.3 Å². The lowest BCUT2D eigenvalue weighted by Gasteiger charge is -2.13. The van der Waals surface area contributed by atoms with Crippen molar-refractivity contribution in [3.63, 3.8) is 0 Å². The van der Waals surface area contributed by atoms with Crippen molar-refractivity contribution >= 4 is 5.82 Å². The summed E-state index contributed by atoms with van der Waals surface area (Å²) in [5.74, 6) is 2.93. The van der Waals surface area contributed by atoms with Gasteiger partial charge in [-0.1, -0.05) is 50.1 Å². The van der Waals surface area contributed by atoms with Gasteiger partial charge in [0.05, 0.1) is 12.6 Å². The molecule has 3 heterocycles. The standard InChI is InChI=1S/C21H25N5O/c1-2-12-25-20-17(23-18(24-20)15-10-6-7-11-15)19-22-16(13-26(19)21(25)27)14-8-4-3-5-9-14/h3-5,8-9,15-16,22H,2,6-7,10-13H2,1H3. The van der Waals surface area contributed by atoms with E-state index in [1.165, 1.54) is 18.4 Å². The van der Waals surface area contributed by atoms with Gasteiger partial charge in [0.1, 0.15) is 17.3 Å². The minimum Gasteiger partial charge on any atom is -0.361 e. The Labute approximate surface area is 158 Å². The number of nitrogens with one attached hydrogen (secondary N) is 1. The molecule has 1 saturated carbocycles. The maximum absolute atomic E-state index is 13.2. The molecule has 0 bridgehead atoms. The molecular weight excluding hydrogens is 338 g/mol. The third-order valence-electron chi connectivity index (χ3n) is 5.92. The molecule has 0 amide bonds. The SMILES string of the molecule is CCCn1c2nc(C3CCCC3)nc-2c2n(c1=O)CC(c1ccccc1)N2. The molecule has 1 N–H and O–H groups in total. The Morgan fingerprint density at radius 3 is 2.67 bits per heavy atom. The van der Waals surface area contributed by atoms with Crippen LogP contribution in [0.15, 0.2) is 35.1 Å². The largest absolute Gasteiger partial charge is 0.361 e. The Kier molecular flexibility index (Phi) is 3.99. The molecule has 0 saturated heterocycles. The van der Waals surface area contributed by atoms with Crippen LogP contribution >= 0.6 is 0 Å². The van der Waals surface area contributed by atoms with Crippen molar-refractivity contribution < 1.29 is 0 Å². The van der Waals surface area contributed by atoms with E-state index in [4.69, 9.17) is 9.97 Å². The molecule has 5 rings (SSSR count). The van der Waals surface area contributed by atoms with E-state index in [-0.39, 0.29) is 11.7 Å². The van der Waals surface area contributed by atoms with Gasteiger partial charge in [0.15, 0.2) is 5.82 Å². The second-order valence-electron chi connectivity index (χ2n) is 7.74. The van der Waals surface area contributed by atoms with E-state index in [0.29, 0.717) is 19.0 Å². The molecule has 6 nitrogen and oxygen atoms in total. The third-order valence-corrected chi connectivity index (χ3v) is 5.92. The zero-order valence-corrected chi connectivity index (χ0v) is 15.7. The molecule has 1 aromatic carbocycles. The molecule has 1 aromatic rings. The summed E-state index contributed by atoms with van der Waals surface area (Å²) >= 11 is 0. The molecule has 0 radical (unpaired) electrons. The zero-order chi connectivity index (χ0) is 18.4. The highest BCUT2D eigenvalue weighted by atomic mass is 16.1. The molecule has 6 heteroatoms. The molecule has 27 heavy (non-hydrogen) atoms. The molecule has 140 valence electrons. The quantitative estimate of drug-likeness (QED) is 0.766. The number of hydrogen-bond donors (Lipinski definition) is 1. The predicted octanol–water partition coefficient (Wildman–Crippen LogP) is 3.78. The zero-order valence-electron chi connectivity index (χ0n) is 15.7. The summed E-state index contributed by atoms with van der Waals surface area (Å²) in [4.78, 5) is 23.0. The summed E-state index contributed by atoms with van der Waals surface area (Å²) in [5.41, 5.74) is 2.05. The number of benzene rings is 1. The van der Waals surface area contributed by atoms with E-state index in [0.717, 1.165) is 42.4 Å². The number of aromatic nitrogens is 4. The topological polar surface area (TPSA) is 64.7 Å². The fraction of sp³-hybridized carbons (Fsp3) is 0.476. The van der Waals surface area contributed by atoms with E-state index in [9.17, 15) is 4.79 Å². The average molecular weight is 363 g/mol. The van der Waals surface area contributed by atoms with Crippen molar-refractivity contribution in [1.82, 2.24) is 19.1 Å². The first-order valence-corrected chi connectivity index (χ1v) is 10.1. The van der Waals surface area contributed by atoms with E-state index in [2.05, 4.69) is 24.4 Å². The van der Waals surface area contributed by atoms with Crippen molar-refractivity contribution in [1.29, 1.82) is 0 Å². The summed E-state index contributed by atoms with van der Waals surface area (Å²) in [6.45, 7) is 3.40. The highest BCUT2D eigenvalue weighted by molar-refractivity contribution is 5.70. The second-order valence-corrected chi connectivity index (χ2v) is 7.74. The number of rotatable bonds is 4. The van der Waals surface area contributed by atoms with Crippen LogP contribution in [0.5, 0.6) is 0 Å². The van der Waals surface area contributed by atoms with Gasteiger partial charge < -0.3 is 5.32 Å². The molecular formula is C21H25N5O. The van der Waals surface area contributed by atoms with Crippen molar-refractivity contribution in [3.8, 4) is 11.5 Å². The normalized spacial score (nSPS) is 19.5. The van der Waals surface area contributed by atoms with Gasteiger partial charge in [-0.15, -0.1) is 0 Å². The average Bonchev–Trinajstić information content (AvgIpc) is 3.44. The Morgan fingerprint density at radius 1 is 1.15 bits per heavy atom. The van der Waals surface area contributed by atoms with Gasteiger partial charge in [-0.25, -0.2) is 14.8 Å². The van der Waals surface area contributed by atoms with E-state index >= 15 is 0 Å². The maximum atomic E-state index is 13.2. The van der Waals surface area contributed by atoms with Crippen LogP contribution in [0.25, 0.3) is 11.5 Å². The van der Waals surface area contributed by atoms with Crippen LogP contribution in [0.2, 0.25) is 0 Å². The van der Waals surface area contributed by atoms with Crippen LogP contribution in [0.1, 0.15) is 62.4 Å². The molecule has 4 aliphatic rings. The molecule has 1 fully saturated rings. The smallest absolute Gasteiger partial charge is 0.331 e. The Hall–Kier alpha value is -2.63. The van der Waals surface area contributed by atoms with Crippen molar-refractivity contribution in [2.24, 2.45) is 0 Å². The highest BCUT2D eigenvalue weighted by Crippen LogP contribution is 2.39. The van der Waals surface area contributed by atoms with Crippen LogP contribution in [0, 0.1) is 0 Å². The van der Waals surface area contributed by atoms with Gasteiger partial charge in [0.2, 0.25) is 0 Å². The number of fused-ring (bicyclic) bond motifs is 3. The summed E-state index contributed by atoms with van der Waals surface area (Å²) in [6, 6.07) is 10.4. The van der Waals surface area contributed by atoms with Gasteiger partial charge in [0, 0.05) is 12.5 Å². The second kappa shape index (κ2) is 6.51. The lowest BCUT2D eigenvalue weighted by molar-refractivity contribution is 0.568. The van der Waals surface area contributed by atoms with Crippen molar-refractivity contribution in [3.05, 3.63) is 52.2 Å². The molecule has 3 aliphatic heterocycles. The fourth-order valence-corrected chi connectivity index (χ4v) is 4.53. The summed E-state index contributed by atoms with van der Waals surface area (Å²) in [6.07, 6.45) is 5.71. The minimum absolute atomic E-state index is 0.0168. The Morgan fingerprint density at radius 2 is 1.93 bits per heavy atom. The van der Waals surface area contributed by atoms with Gasteiger partial charge in [0.25, 0.3) is 0 Å². The predicted molar refractivity (Wildman–Crippen MR) is 105 cm³/mol. The van der Waals surface area contributed by atoms with Gasteiger partial charge >= 0.3 is 5.69 Å². The van der Waals surface area contributed by atoms with Gasteiger partial charge in [-0.05, 0) is 24.8 Å². The maximum Gasteiger partial charge on any atom is 0.331 e. The molecule has 1 unspecified atom stereocenters. The molecule has 0 aromatic heterocycles. The summed E-state index contributed by atoms with van der Waals surface area (Å²) in [7, 11) is 0. The molecule has 0 spiro atoms. The summed E-state index contributed by atoms with van der Waals surface area (Å²) < 4.78 is 3.67. The fourth-order valence-electron chi connectivity index (χ4n) is 4.53. The van der Waals surface area contributed by atoms with E-state index in [1.54, 1.807) is 0 Å². The number of hydrogen-bond acceptors (Lipinski definition) is 4. The van der Waals surface area contributed by atoms with Crippen molar-refractivity contribution in [2.75, 3.05) is 5.32 Å². The number of imidazole rings is 1. The monoisotopic (exact) mass is 363 g/mol. The number of anilines is 1. The minimum atomic E-state index is 0.0168. The Balaban J connectivity index is 1.64. The third kappa shape index (κ3) is 2.66. The Bertz CT molecular complexity index is 984. The van der Waals surface area contributed by atoms with Gasteiger partial charge in [-0.3, -0.25) is 9.13 Å². The molecule has 1 atom stereocenters. The number of nitrogens with zero attached hydrogens (tertiary/aromatic N) is 4. The van der Waals surface area contributed by atoms with Crippen LogP contribution in [-0.4, -0.2) is 19.1 Å². The highest BCUT2D eigenvalue weighted by Gasteiger charge is 2.33. The van der Waals surface area contributed by atoms with E-state index < -0.39 is 0 Å². The van der Waals surface area contributed by atoms with Crippen LogP contribution in [0.3, 0.4) is 0 Å². The van der Waals surface area contributed by atoms with Gasteiger partial charge in [-0.2, -0.15) is 0 Å². The first kappa shape index (κ1) is 16.5. The van der Waals surface area contributed by atoms with Crippen LogP contribution in [-0.2, 0) is 13.1 Å². The lowest BCUT2D eigenvalue weighted by Crippen LogP contribution is -2.31. The first-order chi connectivity index (χ1) is 13.3. The first-order valence-electron chi connectivity index (χ1n) is 10.1. The summed E-state index contributed by atoms with van der Waals surface area (Å²) in [5, 5.41) is 3.55. The molecule has 1 aliphatic carbocycles. The lowest BCUT2D eigenvalue weighted by atomic mass is 10.1. The van der Waals surface area contributed by atoms with Crippen molar-refractivity contribution in [2.45, 2.75) is 64.1 Å². The van der Waals surface area contributed by atoms with Crippen LogP contribution in [0.4, 0.5) is 5.82 Å². The van der Waals surface area contributed by atoms with Crippen LogP contribution < -0.4 is 11.0 Å².